The largest absolute Gasteiger partial charge is 0.208 e. The highest BCUT2D eigenvalue weighted by Crippen LogP contribution is 2.67. The maximum absolute atomic E-state index is 6.14. The molecule has 0 radical (unpaired) electrons. The van der Waals surface area contributed by atoms with Gasteiger partial charge in [-0.25, -0.2) is 0 Å². The van der Waals surface area contributed by atoms with Crippen LogP contribution in [0, 0.1) is 17.8 Å². The van der Waals surface area contributed by atoms with Crippen LogP contribution in [0.4, 0.5) is 0 Å². The molecule has 0 nitrogen and oxygen atoms in total. The Kier molecular flexibility index (Phi) is 24.8. The van der Waals surface area contributed by atoms with Gasteiger partial charge < -0.3 is 0 Å². The summed E-state index contributed by atoms with van der Waals surface area (Å²) in [5.74, 6) is 2.22. The predicted octanol–water partition coefficient (Wildman–Crippen LogP) is 18.4. The van der Waals surface area contributed by atoms with Crippen LogP contribution in [-0.2, 0) is 12.3 Å². The quantitative estimate of drug-likeness (QED) is 0.0918. The molecular formula is C57H86Cl2P3+3. The van der Waals surface area contributed by atoms with Crippen molar-refractivity contribution in [3.63, 3.8) is 0 Å². The summed E-state index contributed by atoms with van der Waals surface area (Å²) in [6, 6.07) is 51.9. The maximum Gasteiger partial charge on any atom is 0.208 e. The van der Waals surface area contributed by atoms with Gasteiger partial charge in [-0.05, 0) is 135 Å². The molecule has 0 atom stereocenters. The minimum atomic E-state index is -1.81. The number of rotatable bonds is 15. The summed E-state index contributed by atoms with van der Waals surface area (Å²) in [5.41, 5.74) is 5.81. The fraction of sp³-hybridized carbons (Fsp3) is 0.474. The highest BCUT2D eigenvalue weighted by atomic mass is 35.9. The highest BCUT2D eigenvalue weighted by molar-refractivity contribution is 8.16. The molecule has 0 aromatic heterocycles. The van der Waals surface area contributed by atoms with Gasteiger partial charge in [0.2, 0.25) is 5.97 Å². The van der Waals surface area contributed by atoms with Crippen molar-refractivity contribution in [3.8, 4) is 0 Å². The second kappa shape index (κ2) is 27.4. The van der Waals surface area contributed by atoms with Crippen molar-refractivity contribution < 1.29 is 0 Å². The zero-order valence-electron chi connectivity index (χ0n) is 38.8. The highest BCUT2D eigenvalue weighted by Gasteiger charge is 2.45. The normalized spacial score (nSPS) is 15.4. The van der Waals surface area contributed by atoms with Crippen molar-refractivity contribution in [1.29, 1.82) is 0 Å². The molecule has 5 aromatic rings. The van der Waals surface area contributed by atoms with Crippen LogP contribution in [-0.4, -0.2) is 31.3 Å². The van der Waals surface area contributed by atoms with E-state index >= 15 is 0 Å². The van der Waals surface area contributed by atoms with E-state index < -0.39 is 20.5 Å². The van der Waals surface area contributed by atoms with Crippen molar-refractivity contribution in [2.75, 3.05) is 31.3 Å². The first-order valence-corrected chi connectivity index (χ1v) is 31.7. The van der Waals surface area contributed by atoms with Gasteiger partial charge in [0, 0.05) is 7.26 Å². The third-order valence-electron chi connectivity index (χ3n) is 13.2. The Bertz CT molecular complexity index is 1780. The molecule has 5 heteroatoms. The first-order valence-electron chi connectivity index (χ1n) is 23.0. The molecule has 1 aliphatic carbocycles. The molecule has 0 unspecified atom stereocenters. The van der Waals surface area contributed by atoms with Gasteiger partial charge in [-0.15, -0.1) is 0 Å². The number of hydrogen-bond acceptors (Lipinski definition) is 0. The van der Waals surface area contributed by atoms with E-state index in [9.17, 15) is 0 Å². The second-order valence-electron chi connectivity index (χ2n) is 18.4. The van der Waals surface area contributed by atoms with E-state index in [0.29, 0.717) is 11.8 Å². The summed E-state index contributed by atoms with van der Waals surface area (Å²) in [6.45, 7) is 22.9. The SMILES string of the molecule is C.C.CC(C)C1CCC(C[P+](C)(Cl)Cl)CC1.CC(C)c1ccc(C[P+](c2ccccc2)(c2ccccc2)c2ccccc2)cc1.CC[P+](CC)(CC)Cc1ccc(C(C)C)cc1. The van der Waals surface area contributed by atoms with Crippen LogP contribution < -0.4 is 15.9 Å². The first-order chi connectivity index (χ1) is 28.6. The van der Waals surface area contributed by atoms with Crippen LogP contribution in [0.5, 0.6) is 0 Å². The van der Waals surface area contributed by atoms with E-state index in [2.05, 4.69) is 202 Å². The van der Waals surface area contributed by atoms with Gasteiger partial charge in [0.25, 0.3) is 0 Å². The summed E-state index contributed by atoms with van der Waals surface area (Å²) in [6.07, 6.45) is 13.1. The zero-order valence-corrected chi connectivity index (χ0v) is 43.0. The molecule has 340 valence electrons. The average molecular weight is 935 g/mol. The molecule has 1 saturated carbocycles. The molecule has 0 heterocycles. The summed E-state index contributed by atoms with van der Waals surface area (Å²) >= 11 is 12.3. The van der Waals surface area contributed by atoms with Gasteiger partial charge >= 0.3 is 0 Å². The third-order valence-corrected chi connectivity index (χ3v) is 24.7. The van der Waals surface area contributed by atoms with E-state index in [4.69, 9.17) is 22.5 Å². The van der Waals surface area contributed by atoms with Crippen molar-refractivity contribution in [2.24, 2.45) is 17.8 Å². The Labute approximate surface area is 394 Å². The molecule has 0 amide bonds. The number of halogens is 2. The molecule has 0 bridgehead atoms. The zero-order chi connectivity index (χ0) is 43.8. The monoisotopic (exact) mass is 934 g/mol. The van der Waals surface area contributed by atoms with Gasteiger partial charge in [-0.3, -0.25) is 0 Å². The minimum absolute atomic E-state index is 0. The lowest BCUT2D eigenvalue weighted by atomic mass is 9.77. The topological polar surface area (TPSA) is 0 Å². The predicted molar refractivity (Wildman–Crippen MR) is 295 cm³/mol. The van der Waals surface area contributed by atoms with Crippen molar-refractivity contribution in [2.45, 2.75) is 127 Å². The lowest BCUT2D eigenvalue weighted by molar-refractivity contribution is 0.236. The van der Waals surface area contributed by atoms with Crippen LogP contribution in [0.3, 0.4) is 0 Å². The van der Waals surface area contributed by atoms with Crippen LogP contribution in [0.15, 0.2) is 140 Å². The summed E-state index contributed by atoms with van der Waals surface area (Å²) in [5, 5.41) is 4.31. The Hall–Kier alpha value is -2.03. The van der Waals surface area contributed by atoms with Crippen LogP contribution in [0.1, 0.15) is 137 Å². The molecule has 1 fully saturated rings. The molecule has 62 heavy (non-hydrogen) atoms. The lowest BCUT2D eigenvalue weighted by Crippen LogP contribution is -2.32. The van der Waals surface area contributed by atoms with Crippen molar-refractivity contribution in [3.05, 3.63) is 162 Å². The summed E-state index contributed by atoms with van der Waals surface area (Å²) in [4.78, 5) is 0. The average Bonchev–Trinajstić information content (AvgIpc) is 3.26. The molecule has 0 spiro atoms. The third kappa shape index (κ3) is 16.8. The molecule has 5 aromatic carbocycles. The van der Waals surface area contributed by atoms with Crippen LogP contribution >= 0.6 is 43.0 Å². The minimum Gasteiger partial charge on any atom is -0.0776 e. The molecular weight excluding hydrogens is 848 g/mol. The van der Waals surface area contributed by atoms with E-state index in [1.54, 1.807) is 5.56 Å². The molecule has 6 rings (SSSR count). The van der Waals surface area contributed by atoms with E-state index in [-0.39, 0.29) is 14.9 Å². The van der Waals surface area contributed by atoms with E-state index in [0.717, 1.165) is 30.1 Å². The Balaban J connectivity index is 0.000000344. The van der Waals surface area contributed by atoms with Gasteiger partial charge in [0.1, 0.15) is 45.7 Å². The molecule has 0 N–H and O–H groups in total. The van der Waals surface area contributed by atoms with Crippen molar-refractivity contribution >= 4 is 58.9 Å². The van der Waals surface area contributed by atoms with E-state index in [1.165, 1.54) is 82.9 Å². The summed E-state index contributed by atoms with van der Waals surface area (Å²) in [7, 11) is -2.51. The van der Waals surface area contributed by atoms with Gasteiger partial charge in [0.05, 0.1) is 43.6 Å². The maximum atomic E-state index is 6.14. The van der Waals surface area contributed by atoms with Crippen LogP contribution in [0.25, 0.3) is 0 Å². The Morgan fingerprint density at radius 1 is 0.484 bits per heavy atom. The molecule has 0 saturated heterocycles. The van der Waals surface area contributed by atoms with Gasteiger partial charge in [-0.2, -0.15) is 0 Å². The fourth-order valence-corrected chi connectivity index (χ4v) is 18.6. The Morgan fingerprint density at radius 3 is 1.11 bits per heavy atom. The smallest absolute Gasteiger partial charge is 0.0776 e. The van der Waals surface area contributed by atoms with Crippen molar-refractivity contribution in [1.82, 2.24) is 0 Å². The standard InChI is InChI=1S/C28H28P.C16H28P.C11H22Cl2P.2CH4/c1-23(2)25-20-18-24(19-21-25)22-29(26-12-6-3-7-13-26,27-14-8-4-9-15-27)28-16-10-5-11-17-28;1-6-17(7-2,8-3)13-15-9-11-16(12-10-15)14(4)5;1-9(2)11-6-4-10(5-7-11)8-14(3,12)13;;/h3-21,23H,22H2,1-2H3;9-12,14H,6-8,13H2,1-5H3;9-11H,4-8H2,1-3H3;2*1H4/q3*+1;;. The molecule has 0 aliphatic heterocycles. The number of hydrogen-bond donors (Lipinski definition) is 0. The number of benzene rings is 5. The van der Waals surface area contributed by atoms with Gasteiger partial charge in [0.15, 0.2) is 0 Å². The Morgan fingerprint density at radius 2 is 0.823 bits per heavy atom. The molecule has 1 aliphatic rings. The van der Waals surface area contributed by atoms with Crippen LogP contribution in [0.2, 0.25) is 0 Å². The first kappa shape index (κ1) is 56.1. The fourth-order valence-electron chi connectivity index (χ4n) is 8.94. The lowest BCUT2D eigenvalue weighted by Gasteiger charge is -2.30. The second-order valence-corrected chi connectivity index (χ2v) is 34.0. The summed E-state index contributed by atoms with van der Waals surface area (Å²) < 4.78 is 0. The van der Waals surface area contributed by atoms with E-state index in [1.807, 2.05) is 6.66 Å². The van der Waals surface area contributed by atoms with Gasteiger partial charge in [-0.1, -0.05) is 160 Å².